The molecular weight excluding hydrogens is 352 g/mol. The van der Waals surface area contributed by atoms with Crippen LogP contribution in [0.3, 0.4) is 0 Å². The van der Waals surface area contributed by atoms with Crippen molar-refractivity contribution in [2.75, 3.05) is 7.11 Å². The van der Waals surface area contributed by atoms with Crippen LogP contribution < -0.4 is 10.1 Å². The van der Waals surface area contributed by atoms with E-state index in [2.05, 4.69) is 15.4 Å². The van der Waals surface area contributed by atoms with Crippen molar-refractivity contribution >= 4 is 28.5 Å². The van der Waals surface area contributed by atoms with Crippen LogP contribution in [0.2, 0.25) is 5.02 Å². The lowest BCUT2D eigenvalue weighted by Crippen LogP contribution is -2.40. The number of carbonyl (C=O) groups is 1. The van der Waals surface area contributed by atoms with Gasteiger partial charge in [-0.2, -0.15) is 5.10 Å². The van der Waals surface area contributed by atoms with E-state index in [0.29, 0.717) is 27.3 Å². The minimum absolute atomic E-state index is 0.256. The number of fused-ring (bicyclic) bond motifs is 1. The molecule has 0 unspecified atom stereocenters. The van der Waals surface area contributed by atoms with Crippen LogP contribution in [0.5, 0.6) is 5.75 Å². The fourth-order valence-corrected chi connectivity index (χ4v) is 3.03. The number of pyridine rings is 1. The van der Waals surface area contributed by atoms with Gasteiger partial charge in [-0.3, -0.25) is 4.79 Å². The van der Waals surface area contributed by atoms with E-state index in [0.717, 1.165) is 11.4 Å². The zero-order valence-electron chi connectivity index (χ0n) is 15.4. The van der Waals surface area contributed by atoms with E-state index in [4.69, 9.17) is 16.3 Å². The molecule has 3 aromatic rings. The smallest absolute Gasteiger partial charge is 0.254 e. The summed E-state index contributed by atoms with van der Waals surface area (Å²) in [5.41, 5.74) is 2.12. The Morgan fingerprint density at radius 2 is 1.88 bits per heavy atom. The highest BCUT2D eigenvalue weighted by molar-refractivity contribution is 6.38. The van der Waals surface area contributed by atoms with Gasteiger partial charge in [0.15, 0.2) is 5.65 Å². The number of hydrogen-bond acceptors (Lipinski definition) is 4. The molecule has 7 heteroatoms. The van der Waals surface area contributed by atoms with Crippen molar-refractivity contribution in [3.63, 3.8) is 0 Å². The van der Waals surface area contributed by atoms with Gasteiger partial charge in [0.2, 0.25) is 0 Å². The lowest BCUT2D eigenvalue weighted by molar-refractivity contribution is 0.0919. The summed E-state index contributed by atoms with van der Waals surface area (Å²) in [7, 11) is 1.62. The number of hydrogen-bond donors (Lipinski definition) is 1. The first-order valence-electron chi connectivity index (χ1n) is 8.22. The fraction of sp³-hybridized carbons (Fsp3) is 0.316. The third kappa shape index (κ3) is 3.37. The van der Waals surface area contributed by atoms with Crippen molar-refractivity contribution in [2.45, 2.75) is 33.2 Å². The van der Waals surface area contributed by atoms with Gasteiger partial charge in [0.25, 0.3) is 5.91 Å². The van der Waals surface area contributed by atoms with Gasteiger partial charge >= 0.3 is 0 Å². The van der Waals surface area contributed by atoms with Gasteiger partial charge in [-0.1, -0.05) is 11.6 Å². The Kier molecular flexibility index (Phi) is 4.63. The van der Waals surface area contributed by atoms with Crippen LogP contribution >= 0.6 is 11.6 Å². The molecule has 3 rings (SSSR count). The number of nitrogens with one attached hydrogen (secondary N) is 1. The number of aromatic nitrogens is 3. The summed E-state index contributed by atoms with van der Waals surface area (Å²) < 4.78 is 6.90. The molecule has 6 nitrogen and oxygen atoms in total. The van der Waals surface area contributed by atoms with Gasteiger partial charge < -0.3 is 10.1 Å². The van der Waals surface area contributed by atoms with Gasteiger partial charge in [0.05, 0.1) is 34.5 Å². The number of aryl methyl sites for hydroxylation is 1. The van der Waals surface area contributed by atoms with Gasteiger partial charge in [-0.15, -0.1) is 0 Å². The number of amides is 1. The van der Waals surface area contributed by atoms with Crippen LogP contribution in [0.4, 0.5) is 0 Å². The zero-order chi connectivity index (χ0) is 19.1. The molecule has 0 fully saturated rings. The van der Waals surface area contributed by atoms with Crippen LogP contribution in [0, 0.1) is 6.92 Å². The Bertz CT molecular complexity index is 972. The summed E-state index contributed by atoms with van der Waals surface area (Å²) in [6.07, 6.45) is 1.49. The molecular formula is C19H21ClN4O2. The molecule has 0 aliphatic carbocycles. The molecule has 2 heterocycles. The minimum Gasteiger partial charge on any atom is -0.497 e. The molecule has 0 radical (unpaired) electrons. The van der Waals surface area contributed by atoms with Crippen molar-refractivity contribution in [2.24, 2.45) is 0 Å². The summed E-state index contributed by atoms with van der Waals surface area (Å²) >= 11 is 6.54. The van der Waals surface area contributed by atoms with Crippen molar-refractivity contribution < 1.29 is 9.53 Å². The van der Waals surface area contributed by atoms with E-state index in [1.165, 1.54) is 6.20 Å². The van der Waals surface area contributed by atoms with Crippen LogP contribution in [0.1, 0.15) is 36.8 Å². The topological polar surface area (TPSA) is 69.0 Å². The van der Waals surface area contributed by atoms with Gasteiger partial charge in [-0.05, 0) is 52.0 Å². The predicted molar refractivity (Wildman–Crippen MR) is 102 cm³/mol. The molecule has 2 aromatic heterocycles. The molecule has 0 atom stereocenters. The van der Waals surface area contributed by atoms with Crippen LogP contribution in [-0.2, 0) is 0 Å². The van der Waals surface area contributed by atoms with E-state index < -0.39 is 0 Å². The summed E-state index contributed by atoms with van der Waals surface area (Å²) in [5, 5.41) is 8.48. The molecule has 1 N–H and O–H groups in total. The highest BCUT2D eigenvalue weighted by atomic mass is 35.5. The molecule has 0 saturated carbocycles. The maximum Gasteiger partial charge on any atom is 0.254 e. The number of rotatable bonds is 3. The average Bonchev–Trinajstić information content (AvgIpc) is 2.91. The summed E-state index contributed by atoms with van der Waals surface area (Å²) in [5.74, 6) is 0.502. The van der Waals surface area contributed by atoms with E-state index in [-0.39, 0.29) is 11.4 Å². The average molecular weight is 373 g/mol. The second-order valence-corrected chi connectivity index (χ2v) is 7.46. The van der Waals surface area contributed by atoms with Gasteiger partial charge in [-0.25, -0.2) is 9.67 Å². The molecule has 0 aliphatic heterocycles. The number of benzene rings is 1. The Morgan fingerprint density at radius 3 is 2.46 bits per heavy atom. The number of carbonyl (C=O) groups excluding carboxylic acids is 1. The second-order valence-electron chi connectivity index (χ2n) is 7.08. The standard InChI is InChI=1S/C19H21ClN4O2/c1-11-15-16(20)14(18(25)22-19(2,3)4)10-21-17(15)24(23-11)12-6-8-13(26-5)9-7-12/h6-10H,1-5H3,(H,22,25). The summed E-state index contributed by atoms with van der Waals surface area (Å²) in [6.45, 7) is 7.59. The van der Waals surface area contributed by atoms with Gasteiger partial charge in [0, 0.05) is 11.7 Å². The Hall–Kier alpha value is -2.60. The molecule has 0 spiro atoms. The van der Waals surface area contributed by atoms with Crippen molar-refractivity contribution in [3.05, 3.63) is 46.7 Å². The molecule has 136 valence electrons. The minimum atomic E-state index is -0.363. The normalized spacial score (nSPS) is 11.6. The molecule has 26 heavy (non-hydrogen) atoms. The van der Waals surface area contributed by atoms with E-state index >= 15 is 0 Å². The SMILES string of the molecule is COc1ccc(-n2nc(C)c3c(Cl)c(C(=O)NC(C)(C)C)cnc32)cc1. The highest BCUT2D eigenvalue weighted by Gasteiger charge is 2.22. The molecule has 0 bridgehead atoms. The van der Waals surface area contributed by atoms with E-state index in [9.17, 15) is 4.79 Å². The number of methoxy groups -OCH3 is 1. The lowest BCUT2D eigenvalue weighted by Gasteiger charge is -2.20. The van der Waals surface area contributed by atoms with Crippen LogP contribution in [0.25, 0.3) is 16.7 Å². The first kappa shape index (κ1) is 18.2. The fourth-order valence-electron chi connectivity index (χ4n) is 2.68. The van der Waals surface area contributed by atoms with Crippen molar-refractivity contribution in [1.29, 1.82) is 0 Å². The lowest BCUT2D eigenvalue weighted by atomic mass is 10.1. The molecule has 0 aliphatic rings. The number of halogens is 1. The molecule has 0 saturated heterocycles. The van der Waals surface area contributed by atoms with E-state index in [1.54, 1.807) is 11.8 Å². The third-order valence-corrected chi connectivity index (χ3v) is 4.25. The quantitative estimate of drug-likeness (QED) is 0.756. The Balaban J connectivity index is 2.10. The molecule has 1 aromatic carbocycles. The van der Waals surface area contributed by atoms with Gasteiger partial charge in [0.1, 0.15) is 5.75 Å². The third-order valence-electron chi connectivity index (χ3n) is 3.86. The summed E-state index contributed by atoms with van der Waals surface area (Å²) in [6, 6.07) is 7.48. The van der Waals surface area contributed by atoms with Crippen LogP contribution in [0.15, 0.2) is 30.5 Å². The van der Waals surface area contributed by atoms with Crippen molar-refractivity contribution in [3.8, 4) is 11.4 Å². The van der Waals surface area contributed by atoms with Crippen molar-refractivity contribution in [1.82, 2.24) is 20.1 Å². The van der Waals surface area contributed by atoms with E-state index in [1.807, 2.05) is 52.0 Å². The zero-order valence-corrected chi connectivity index (χ0v) is 16.2. The molecule has 1 amide bonds. The Labute approximate surface area is 157 Å². The first-order chi connectivity index (χ1) is 12.2. The Morgan fingerprint density at radius 1 is 1.23 bits per heavy atom. The first-order valence-corrected chi connectivity index (χ1v) is 8.60. The van der Waals surface area contributed by atoms with Crippen LogP contribution in [-0.4, -0.2) is 33.3 Å². The predicted octanol–water partition coefficient (Wildman–Crippen LogP) is 3.92. The maximum absolute atomic E-state index is 12.5. The number of ether oxygens (including phenoxy) is 1. The summed E-state index contributed by atoms with van der Waals surface area (Å²) in [4.78, 5) is 17.0. The monoisotopic (exact) mass is 372 g/mol. The number of nitrogens with zero attached hydrogens (tertiary/aromatic N) is 3. The maximum atomic E-state index is 12.5. The second kappa shape index (κ2) is 6.61. The largest absolute Gasteiger partial charge is 0.497 e. The highest BCUT2D eigenvalue weighted by Crippen LogP contribution is 2.30.